The van der Waals surface area contributed by atoms with Crippen molar-refractivity contribution < 1.29 is 92.7 Å². The van der Waals surface area contributed by atoms with E-state index in [9.17, 15) is 52.7 Å². The lowest BCUT2D eigenvalue weighted by Crippen LogP contribution is -3.05. The number of rotatable bonds is 19. The summed E-state index contributed by atoms with van der Waals surface area (Å²) in [6.45, 7) is 3.64. The fourth-order valence-electron chi connectivity index (χ4n) is 7.55. The molecule has 0 bridgehead atoms. The van der Waals surface area contributed by atoms with Gasteiger partial charge in [-0.2, -0.15) is 0 Å². The number of quaternary nitrogens is 1. The molecule has 4 aromatic rings. The van der Waals surface area contributed by atoms with Gasteiger partial charge in [0.25, 0.3) is 0 Å². The van der Waals surface area contributed by atoms with Crippen LogP contribution in [0.3, 0.4) is 0 Å². The minimum absolute atomic E-state index is 1.35. The summed E-state index contributed by atoms with van der Waals surface area (Å²) in [5.41, 5.74) is -14.3. The fourth-order valence-corrected chi connectivity index (χ4v) is 7.55. The average molecular weight is 950 g/mol. The third kappa shape index (κ3) is 10.6. The highest BCUT2D eigenvalue weighted by Crippen LogP contribution is 2.31. The molecule has 0 atom stereocenters. The van der Waals surface area contributed by atoms with Gasteiger partial charge in [0, 0.05) is 0 Å². The van der Waals surface area contributed by atoms with Crippen LogP contribution in [0.1, 0.15) is 96.8 Å². The number of benzene rings is 4. The van der Waals surface area contributed by atoms with Crippen molar-refractivity contribution in [1.82, 2.24) is 0 Å². The minimum Gasteiger partial charge on any atom is -0.340 e. The molecule has 4 rings (SSSR count). The van der Waals surface area contributed by atoms with Crippen molar-refractivity contribution in [1.29, 1.82) is 0 Å². The zero-order valence-corrected chi connectivity index (χ0v) is 34.2. The van der Waals surface area contributed by atoms with Gasteiger partial charge in [-0.25, -0.2) is 87.8 Å². The lowest BCUT2D eigenvalue weighted by atomic mass is 9.12. The molecule has 4 aromatic carbocycles. The monoisotopic (exact) mass is 949 g/mol. The van der Waals surface area contributed by atoms with Crippen LogP contribution >= 0.6 is 0 Å². The van der Waals surface area contributed by atoms with Crippen LogP contribution in [0.2, 0.25) is 0 Å². The number of nitrogens with one attached hydrogen (secondary N) is 1. The SMILES string of the molecule is CCCCCCCCCCCCCCCC[NH+](C)C.Fc1c(F)c(F)c([B-](c2c(F)c(F)c(F)c(F)c2F)(c2c(F)c(F)c(F)c(F)c2F)c2c(F)c(F)c(F)c(F)c2F)c(F)c1F. The molecule has 0 amide bonds. The minimum atomic E-state index is -7.22. The molecule has 0 saturated heterocycles. The van der Waals surface area contributed by atoms with Crippen molar-refractivity contribution >= 4 is 28.0 Å². The Kier molecular flexibility index (Phi) is 19.4. The second kappa shape index (κ2) is 23.1. The van der Waals surface area contributed by atoms with Crippen molar-refractivity contribution in [2.24, 2.45) is 0 Å². The van der Waals surface area contributed by atoms with E-state index in [1.807, 2.05) is 0 Å². The molecule has 0 aliphatic rings. The first-order chi connectivity index (χ1) is 30.0. The first kappa shape index (κ1) is 53.8. The lowest BCUT2D eigenvalue weighted by molar-refractivity contribution is -0.858. The van der Waals surface area contributed by atoms with Gasteiger partial charge in [0.05, 0.1) is 20.6 Å². The van der Waals surface area contributed by atoms with Gasteiger partial charge in [-0.15, -0.1) is 21.9 Å². The van der Waals surface area contributed by atoms with Crippen molar-refractivity contribution in [3.05, 3.63) is 116 Å². The van der Waals surface area contributed by atoms with Crippen LogP contribution in [0.15, 0.2) is 0 Å². The van der Waals surface area contributed by atoms with Gasteiger partial charge < -0.3 is 4.90 Å². The fraction of sp³-hybridized carbons (Fsp3) is 0.429. The van der Waals surface area contributed by atoms with Gasteiger partial charge in [0.2, 0.25) is 0 Å². The number of unbranched alkanes of at least 4 members (excludes halogenated alkanes) is 13. The first-order valence-corrected chi connectivity index (χ1v) is 20.0. The molecule has 0 saturated carbocycles. The summed E-state index contributed by atoms with van der Waals surface area (Å²) in [4.78, 5) is 1.60. The molecule has 64 heavy (non-hydrogen) atoms. The molecule has 356 valence electrons. The third-order valence-electron chi connectivity index (χ3n) is 10.7. The number of hydrogen-bond acceptors (Lipinski definition) is 0. The van der Waals surface area contributed by atoms with Crippen LogP contribution in [0.25, 0.3) is 0 Å². The van der Waals surface area contributed by atoms with E-state index in [0.29, 0.717) is 0 Å². The van der Waals surface area contributed by atoms with Crippen LogP contribution in [0, 0.1) is 116 Å². The summed E-state index contributed by atoms with van der Waals surface area (Å²) in [5.74, 6) is -71.4. The average Bonchev–Trinajstić information content (AvgIpc) is 3.26. The Labute approximate surface area is 354 Å². The highest BCUT2D eigenvalue weighted by Gasteiger charge is 2.52. The molecule has 0 fully saturated rings. The lowest BCUT2D eigenvalue weighted by Gasteiger charge is -2.44. The Balaban J connectivity index is 0.000000483. The van der Waals surface area contributed by atoms with E-state index in [-0.39, 0.29) is 0 Å². The summed E-state index contributed by atoms with van der Waals surface area (Å²) in [7, 11) is 4.50. The molecule has 1 N–H and O–H groups in total. The Hall–Kier alpha value is -4.50. The van der Waals surface area contributed by atoms with Gasteiger partial charge in [0.1, 0.15) is 52.7 Å². The predicted octanol–water partition coefficient (Wildman–Crippen LogP) is 10.5. The topological polar surface area (TPSA) is 4.44 Å². The first-order valence-electron chi connectivity index (χ1n) is 20.0. The van der Waals surface area contributed by atoms with E-state index in [0.717, 1.165) is 0 Å². The van der Waals surface area contributed by atoms with Gasteiger partial charge in [0.15, 0.2) is 69.8 Å². The molecule has 1 nitrogen and oxygen atoms in total. The zero-order valence-electron chi connectivity index (χ0n) is 34.2. The largest absolute Gasteiger partial charge is 0.340 e. The molecule has 0 heterocycles. The Bertz CT molecular complexity index is 1900. The van der Waals surface area contributed by atoms with Crippen molar-refractivity contribution in [3.8, 4) is 0 Å². The maximum absolute atomic E-state index is 15.4. The van der Waals surface area contributed by atoms with E-state index < -0.39 is 144 Å². The smallest absolute Gasteiger partial charge is 0.200 e. The quantitative estimate of drug-likeness (QED) is 0.0314. The van der Waals surface area contributed by atoms with E-state index in [4.69, 9.17) is 0 Å². The van der Waals surface area contributed by atoms with Crippen molar-refractivity contribution in [3.63, 3.8) is 0 Å². The second-order valence-corrected chi connectivity index (χ2v) is 15.4. The standard InChI is InChI=1S/C24BF20.C18H39N/c26-5-1(6(27)14(35)21(42)13(5)34)25(2-7(28)15(36)22(43)16(37)8(2)29,3-9(30)17(38)23(44)18(39)10(3)31)4-11(32)19(40)24(45)20(41)12(4)33;1-4-5-6-7-8-9-10-11-12-13-14-15-16-17-18-19(2)3/h;4-18H2,1-3H3/q-1;/p+1. The van der Waals surface area contributed by atoms with Gasteiger partial charge in [-0.05, 0) is 12.8 Å². The highest BCUT2D eigenvalue weighted by atomic mass is 19.2. The highest BCUT2D eigenvalue weighted by molar-refractivity contribution is 7.20. The molecular weight excluding hydrogens is 909 g/mol. The van der Waals surface area contributed by atoms with E-state index >= 15 is 35.1 Å². The van der Waals surface area contributed by atoms with Crippen LogP contribution in [0.5, 0.6) is 0 Å². The Morgan fingerprint density at radius 3 is 0.578 bits per heavy atom. The number of halogens is 20. The van der Waals surface area contributed by atoms with Crippen LogP contribution in [-0.2, 0) is 0 Å². The zero-order chi connectivity index (χ0) is 48.5. The molecule has 0 aliphatic carbocycles. The van der Waals surface area contributed by atoms with Crippen molar-refractivity contribution in [2.45, 2.75) is 96.8 Å². The molecule has 0 spiro atoms. The normalized spacial score (nSPS) is 11.8. The molecule has 0 aromatic heterocycles. The summed E-state index contributed by atoms with van der Waals surface area (Å²) >= 11 is 0. The Morgan fingerprint density at radius 1 is 0.250 bits per heavy atom. The predicted molar refractivity (Wildman–Crippen MR) is 197 cm³/mol. The summed E-state index contributed by atoms with van der Waals surface area (Å²) < 4.78 is 294. The maximum Gasteiger partial charge on any atom is 0.200 e. The summed E-state index contributed by atoms with van der Waals surface area (Å²) in [6, 6.07) is 0. The number of hydrogen-bond donors (Lipinski definition) is 1. The molecule has 0 unspecified atom stereocenters. The summed E-state index contributed by atoms with van der Waals surface area (Å²) in [6.07, 6.45) is 13.2. The molecule has 22 heteroatoms. The van der Waals surface area contributed by atoms with E-state index in [2.05, 4.69) is 21.0 Å². The third-order valence-corrected chi connectivity index (χ3v) is 10.7. The van der Waals surface area contributed by atoms with E-state index in [1.54, 1.807) is 4.90 Å². The van der Waals surface area contributed by atoms with Crippen molar-refractivity contribution in [2.75, 3.05) is 20.6 Å². The molecular formula is C42H40BF20N. The molecule has 0 radical (unpaired) electrons. The summed E-state index contributed by atoms with van der Waals surface area (Å²) in [5, 5.41) is 0. The van der Waals surface area contributed by atoms with Crippen LogP contribution < -0.4 is 26.8 Å². The van der Waals surface area contributed by atoms with Gasteiger partial charge in [-0.3, -0.25) is 0 Å². The van der Waals surface area contributed by atoms with Gasteiger partial charge in [-0.1, -0.05) is 84.0 Å². The van der Waals surface area contributed by atoms with Crippen LogP contribution in [0.4, 0.5) is 87.8 Å². The Morgan fingerprint density at radius 2 is 0.406 bits per heavy atom. The molecule has 0 aliphatic heterocycles. The van der Waals surface area contributed by atoms with E-state index in [1.165, 1.54) is 96.4 Å². The maximum atomic E-state index is 15.4. The van der Waals surface area contributed by atoms with Gasteiger partial charge >= 0.3 is 0 Å². The second-order valence-electron chi connectivity index (χ2n) is 15.4. The van der Waals surface area contributed by atoms with Crippen LogP contribution in [-0.4, -0.2) is 26.8 Å².